The van der Waals surface area contributed by atoms with Crippen molar-refractivity contribution in [2.75, 3.05) is 6.54 Å². The van der Waals surface area contributed by atoms with E-state index in [2.05, 4.69) is 4.99 Å². The SMILES string of the molecule is O=S([O-])c1ccc(CC2=NCCC2)cc1. The Morgan fingerprint density at radius 3 is 2.60 bits per heavy atom. The summed E-state index contributed by atoms with van der Waals surface area (Å²) < 4.78 is 21.3. The minimum Gasteiger partial charge on any atom is -0.768 e. The van der Waals surface area contributed by atoms with Gasteiger partial charge in [0, 0.05) is 23.6 Å². The van der Waals surface area contributed by atoms with E-state index in [0.717, 1.165) is 31.4 Å². The number of nitrogens with zero attached hydrogens (tertiary/aromatic N) is 1. The second-order valence-electron chi connectivity index (χ2n) is 3.61. The molecule has 1 aliphatic rings. The van der Waals surface area contributed by atoms with E-state index in [4.69, 9.17) is 0 Å². The number of hydrogen-bond donors (Lipinski definition) is 0. The molecule has 3 nitrogen and oxygen atoms in total. The van der Waals surface area contributed by atoms with Crippen molar-refractivity contribution in [3.63, 3.8) is 0 Å². The van der Waals surface area contributed by atoms with E-state index in [1.807, 2.05) is 12.1 Å². The zero-order valence-corrected chi connectivity index (χ0v) is 9.13. The Bertz CT molecular complexity index is 398. The van der Waals surface area contributed by atoms with Gasteiger partial charge in [0.1, 0.15) is 0 Å². The van der Waals surface area contributed by atoms with E-state index in [0.29, 0.717) is 4.90 Å². The third kappa shape index (κ3) is 2.73. The molecule has 4 heteroatoms. The van der Waals surface area contributed by atoms with Crippen LogP contribution in [0.3, 0.4) is 0 Å². The maximum Gasteiger partial charge on any atom is 0.0392 e. The van der Waals surface area contributed by atoms with Crippen LogP contribution in [0.25, 0.3) is 0 Å². The first-order valence-corrected chi connectivity index (χ1v) is 6.03. The van der Waals surface area contributed by atoms with Crippen LogP contribution in [0.1, 0.15) is 18.4 Å². The van der Waals surface area contributed by atoms with Gasteiger partial charge in [-0.1, -0.05) is 12.1 Å². The van der Waals surface area contributed by atoms with E-state index in [-0.39, 0.29) is 0 Å². The molecular formula is C11H12NO2S-. The Labute approximate surface area is 91.5 Å². The summed E-state index contributed by atoms with van der Waals surface area (Å²) in [6, 6.07) is 6.97. The molecule has 0 saturated carbocycles. The van der Waals surface area contributed by atoms with Crippen LogP contribution in [0, 0.1) is 0 Å². The zero-order valence-electron chi connectivity index (χ0n) is 8.31. The van der Waals surface area contributed by atoms with Crippen LogP contribution in [0.2, 0.25) is 0 Å². The molecule has 0 fully saturated rings. The average molecular weight is 222 g/mol. The summed E-state index contributed by atoms with van der Waals surface area (Å²) in [4.78, 5) is 4.72. The molecule has 0 N–H and O–H groups in total. The molecule has 0 saturated heterocycles. The minimum atomic E-state index is -2.12. The molecule has 1 heterocycles. The molecule has 1 atom stereocenters. The molecule has 1 aromatic rings. The van der Waals surface area contributed by atoms with Gasteiger partial charge in [-0.25, -0.2) is 0 Å². The van der Waals surface area contributed by atoms with Crippen molar-refractivity contribution in [1.29, 1.82) is 0 Å². The summed E-state index contributed by atoms with van der Waals surface area (Å²) in [6.07, 6.45) is 3.08. The van der Waals surface area contributed by atoms with Crippen molar-refractivity contribution in [2.45, 2.75) is 24.2 Å². The molecule has 0 bridgehead atoms. The second kappa shape index (κ2) is 4.68. The molecule has 0 aliphatic carbocycles. The molecule has 1 unspecified atom stereocenters. The predicted molar refractivity (Wildman–Crippen MR) is 58.9 cm³/mol. The van der Waals surface area contributed by atoms with E-state index >= 15 is 0 Å². The molecule has 0 radical (unpaired) electrons. The maximum absolute atomic E-state index is 10.6. The normalized spacial score (nSPS) is 17.5. The molecule has 80 valence electrons. The topological polar surface area (TPSA) is 52.5 Å². The van der Waals surface area contributed by atoms with Crippen LogP contribution in [0.5, 0.6) is 0 Å². The summed E-state index contributed by atoms with van der Waals surface area (Å²) in [5.41, 5.74) is 2.36. The number of rotatable bonds is 3. The van der Waals surface area contributed by atoms with Gasteiger partial charge in [-0.2, -0.15) is 0 Å². The summed E-state index contributed by atoms with van der Waals surface area (Å²) in [6.45, 7) is 0.942. The summed E-state index contributed by atoms with van der Waals surface area (Å²) in [5, 5.41) is 0. The molecule has 0 spiro atoms. The quantitative estimate of drug-likeness (QED) is 0.731. The highest BCUT2D eigenvalue weighted by molar-refractivity contribution is 7.79. The van der Waals surface area contributed by atoms with Crippen molar-refractivity contribution >= 4 is 16.8 Å². The lowest BCUT2D eigenvalue weighted by atomic mass is 10.1. The first kappa shape index (κ1) is 10.5. The fourth-order valence-electron chi connectivity index (χ4n) is 1.70. The van der Waals surface area contributed by atoms with E-state index < -0.39 is 11.1 Å². The highest BCUT2D eigenvalue weighted by atomic mass is 32.2. The first-order valence-electron chi connectivity index (χ1n) is 4.96. The molecule has 0 amide bonds. The number of benzene rings is 1. The highest BCUT2D eigenvalue weighted by Crippen LogP contribution is 2.12. The fraction of sp³-hybridized carbons (Fsp3) is 0.364. The van der Waals surface area contributed by atoms with Crippen LogP contribution >= 0.6 is 0 Å². The van der Waals surface area contributed by atoms with Gasteiger partial charge in [-0.15, -0.1) is 0 Å². The van der Waals surface area contributed by atoms with Crippen LogP contribution in [0.4, 0.5) is 0 Å². The van der Waals surface area contributed by atoms with Gasteiger partial charge in [0.15, 0.2) is 0 Å². The summed E-state index contributed by atoms with van der Waals surface area (Å²) in [5.74, 6) is 0. The van der Waals surface area contributed by atoms with Gasteiger partial charge in [0.25, 0.3) is 0 Å². The Balaban J connectivity index is 2.06. The average Bonchev–Trinajstić information content (AvgIpc) is 2.71. The highest BCUT2D eigenvalue weighted by Gasteiger charge is 2.06. The Kier molecular flexibility index (Phi) is 3.28. The fourth-order valence-corrected chi connectivity index (χ4v) is 2.06. The second-order valence-corrected chi connectivity index (χ2v) is 4.55. The van der Waals surface area contributed by atoms with Crippen molar-refractivity contribution < 1.29 is 8.76 Å². The van der Waals surface area contributed by atoms with E-state index in [1.165, 1.54) is 5.71 Å². The summed E-state index contributed by atoms with van der Waals surface area (Å²) >= 11 is -2.12. The van der Waals surface area contributed by atoms with Crippen molar-refractivity contribution in [3.05, 3.63) is 29.8 Å². The van der Waals surface area contributed by atoms with Crippen LogP contribution in [-0.2, 0) is 17.5 Å². The van der Waals surface area contributed by atoms with Gasteiger partial charge >= 0.3 is 0 Å². The predicted octanol–water partition coefficient (Wildman–Crippen LogP) is 1.70. The van der Waals surface area contributed by atoms with Crippen molar-refractivity contribution in [2.24, 2.45) is 4.99 Å². The molecular weight excluding hydrogens is 210 g/mol. The smallest absolute Gasteiger partial charge is 0.0392 e. The Morgan fingerprint density at radius 1 is 1.33 bits per heavy atom. The lowest BCUT2D eigenvalue weighted by molar-refractivity contribution is 0.537. The van der Waals surface area contributed by atoms with E-state index in [1.54, 1.807) is 12.1 Å². The van der Waals surface area contributed by atoms with Gasteiger partial charge in [-0.3, -0.25) is 9.20 Å². The molecule has 15 heavy (non-hydrogen) atoms. The standard InChI is InChI=1S/C11H13NO2S/c13-15(14)11-5-3-9(4-6-11)8-10-2-1-7-12-10/h3-6H,1-2,7-8H2,(H,13,14)/p-1. The van der Waals surface area contributed by atoms with Crippen LogP contribution in [0.15, 0.2) is 34.2 Å². The number of aliphatic imine (C=N–C) groups is 1. The third-order valence-corrected chi connectivity index (χ3v) is 3.14. The van der Waals surface area contributed by atoms with Gasteiger partial charge in [0.2, 0.25) is 0 Å². The van der Waals surface area contributed by atoms with Crippen molar-refractivity contribution in [1.82, 2.24) is 0 Å². The lowest BCUT2D eigenvalue weighted by Gasteiger charge is -2.06. The van der Waals surface area contributed by atoms with Gasteiger partial charge in [-0.05, 0) is 41.6 Å². The van der Waals surface area contributed by atoms with Gasteiger partial charge < -0.3 is 4.55 Å². The molecule has 1 aliphatic heterocycles. The minimum absolute atomic E-state index is 0.340. The summed E-state index contributed by atoms with van der Waals surface area (Å²) in [7, 11) is 0. The third-order valence-electron chi connectivity index (χ3n) is 2.48. The first-order chi connectivity index (χ1) is 7.25. The van der Waals surface area contributed by atoms with Gasteiger partial charge in [0.05, 0.1) is 0 Å². The largest absolute Gasteiger partial charge is 0.768 e. The lowest BCUT2D eigenvalue weighted by Crippen LogP contribution is -1.99. The van der Waals surface area contributed by atoms with Crippen molar-refractivity contribution in [3.8, 4) is 0 Å². The van der Waals surface area contributed by atoms with Crippen LogP contribution in [-0.4, -0.2) is 21.0 Å². The molecule has 2 rings (SSSR count). The maximum atomic E-state index is 10.6. The van der Waals surface area contributed by atoms with E-state index in [9.17, 15) is 8.76 Å². The Hall–Kier alpha value is -1.00. The molecule has 1 aromatic carbocycles. The number of hydrogen-bond acceptors (Lipinski definition) is 3. The monoisotopic (exact) mass is 222 g/mol. The zero-order chi connectivity index (χ0) is 10.7. The van der Waals surface area contributed by atoms with Crippen LogP contribution < -0.4 is 0 Å². The molecule has 0 aromatic heterocycles. The Morgan fingerprint density at radius 2 is 2.07 bits per heavy atom.